The van der Waals surface area contributed by atoms with E-state index in [-0.39, 0.29) is 6.04 Å². The smallest absolute Gasteiger partial charge is 0.349 e. The van der Waals surface area contributed by atoms with Crippen LogP contribution in [0.1, 0.15) is 22.5 Å². The summed E-state index contributed by atoms with van der Waals surface area (Å²) in [5.74, 6) is -0.401. The van der Waals surface area contributed by atoms with Crippen molar-refractivity contribution in [3.05, 3.63) is 11.1 Å². The van der Waals surface area contributed by atoms with E-state index in [0.717, 1.165) is 12.8 Å². The molecule has 1 fully saturated rings. The van der Waals surface area contributed by atoms with Gasteiger partial charge < -0.3 is 10.1 Å². The average Bonchev–Trinajstić information content (AvgIpc) is 2.86. The van der Waals surface area contributed by atoms with Crippen molar-refractivity contribution in [2.75, 3.05) is 31.8 Å². The Morgan fingerprint density at radius 1 is 1.50 bits per heavy atom. The lowest BCUT2D eigenvalue weighted by atomic mass is 10.1. The summed E-state index contributed by atoms with van der Waals surface area (Å²) < 4.78 is 28.9. The van der Waals surface area contributed by atoms with E-state index in [9.17, 15) is 13.2 Å². The molecule has 2 rings (SSSR count). The van der Waals surface area contributed by atoms with Crippen molar-refractivity contribution in [1.82, 2.24) is 9.29 Å². The summed E-state index contributed by atoms with van der Waals surface area (Å²) in [5, 5.41) is 3.89. The molecule has 0 bridgehead atoms. The van der Waals surface area contributed by atoms with E-state index in [1.54, 1.807) is 0 Å². The van der Waals surface area contributed by atoms with Gasteiger partial charge in [-0.3, -0.25) is 0 Å². The van der Waals surface area contributed by atoms with Crippen LogP contribution in [0.15, 0.2) is 6.20 Å². The van der Waals surface area contributed by atoms with E-state index in [1.807, 2.05) is 0 Å². The first-order valence-corrected chi connectivity index (χ1v) is 8.82. The molecule has 1 aliphatic heterocycles. The predicted molar refractivity (Wildman–Crippen MR) is 76.5 cm³/mol. The second-order valence-corrected chi connectivity index (χ2v) is 7.61. The van der Waals surface area contributed by atoms with Crippen LogP contribution in [0.4, 0.5) is 5.13 Å². The highest BCUT2D eigenvalue weighted by molar-refractivity contribution is 7.88. The lowest BCUT2D eigenvalue weighted by Gasteiger charge is -2.30. The third-order valence-corrected chi connectivity index (χ3v) is 5.35. The fourth-order valence-electron chi connectivity index (χ4n) is 2.04. The van der Waals surface area contributed by atoms with Gasteiger partial charge in [0.2, 0.25) is 10.0 Å². The van der Waals surface area contributed by atoms with E-state index < -0.39 is 16.0 Å². The number of rotatable bonds is 4. The summed E-state index contributed by atoms with van der Waals surface area (Å²) in [4.78, 5) is 15.9. The van der Waals surface area contributed by atoms with Gasteiger partial charge in [-0.1, -0.05) is 11.3 Å². The minimum Gasteiger partial charge on any atom is -0.465 e. The highest BCUT2D eigenvalue weighted by atomic mass is 32.2. The standard InChI is InChI=1S/C11H17N3O4S2/c1-18-10(15)9-7-12-11(19-9)13-8-3-5-14(6-4-8)20(2,16)17/h7-8H,3-6H2,1-2H3,(H,12,13). The molecule has 0 radical (unpaired) electrons. The molecule has 0 saturated carbocycles. The van der Waals surface area contributed by atoms with Crippen LogP contribution in [0.25, 0.3) is 0 Å². The minimum atomic E-state index is -3.10. The van der Waals surface area contributed by atoms with Crippen LogP contribution in [-0.4, -0.2) is 56.2 Å². The number of hydrogen-bond donors (Lipinski definition) is 1. The van der Waals surface area contributed by atoms with Crippen LogP contribution in [0.5, 0.6) is 0 Å². The first-order chi connectivity index (χ1) is 9.40. The van der Waals surface area contributed by atoms with Gasteiger partial charge in [0.05, 0.1) is 19.6 Å². The Balaban J connectivity index is 1.90. The number of sulfonamides is 1. The third kappa shape index (κ3) is 3.68. The molecule has 20 heavy (non-hydrogen) atoms. The first-order valence-electron chi connectivity index (χ1n) is 6.16. The van der Waals surface area contributed by atoms with Crippen LogP contribution < -0.4 is 5.32 Å². The number of thiazole rings is 1. The fraction of sp³-hybridized carbons (Fsp3) is 0.636. The molecule has 0 unspecified atom stereocenters. The highest BCUT2D eigenvalue weighted by Crippen LogP contribution is 2.23. The average molecular weight is 319 g/mol. The maximum atomic E-state index is 11.4. The van der Waals surface area contributed by atoms with Crippen molar-refractivity contribution in [3.8, 4) is 0 Å². The molecule has 1 aromatic rings. The molecule has 1 N–H and O–H groups in total. The van der Waals surface area contributed by atoms with E-state index in [2.05, 4.69) is 15.0 Å². The molecule has 7 nitrogen and oxygen atoms in total. The van der Waals surface area contributed by atoms with Gasteiger partial charge >= 0.3 is 5.97 Å². The number of ether oxygens (including phenoxy) is 1. The maximum absolute atomic E-state index is 11.4. The van der Waals surface area contributed by atoms with Crippen LogP contribution >= 0.6 is 11.3 Å². The molecule has 9 heteroatoms. The van der Waals surface area contributed by atoms with Crippen LogP contribution in [0.3, 0.4) is 0 Å². The Hall–Kier alpha value is -1.19. The number of aromatic nitrogens is 1. The van der Waals surface area contributed by atoms with E-state index in [4.69, 9.17) is 0 Å². The lowest BCUT2D eigenvalue weighted by molar-refractivity contribution is 0.0606. The molecule has 1 aromatic heterocycles. The summed E-state index contributed by atoms with van der Waals surface area (Å²) in [7, 11) is -1.77. The van der Waals surface area contributed by atoms with Crippen LogP contribution in [-0.2, 0) is 14.8 Å². The zero-order valence-electron chi connectivity index (χ0n) is 11.3. The second-order valence-electron chi connectivity index (χ2n) is 4.60. The molecule has 1 saturated heterocycles. The quantitative estimate of drug-likeness (QED) is 0.825. The van der Waals surface area contributed by atoms with Gasteiger partial charge in [0.25, 0.3) is 0 Å². The number of nitrogens with zero attached hydrogens (tertiary/aromatic N) is 2. The van der Waals surface area contributed by atoms with Crippen LogP contribution in [0, 0.1) is 0 Å². The minimum absolute atomic E-state index is 0.171. The number of piperidine rings is 1. The van der Waals surface area contributed by atoms with E-state index in [0.29, 0.717) is 23.1 Å². The van der Waals surface area contributed by atoms with Gasteiger partial charge in [-0.15, -0.1) is 0 Å². The van der Waals surface area contributed by atoms with Crippen molar-refractivity contribution in [2.24, 2.45) is 0 Å². The van der Waals surface area contributed by atoms with Gasteiger partial charge in [0, 0.05) is 19.1 Å². The summed E-state index contributed by atoms with van der Waals surface area (Å²) in [6.45, 7) is 1.01. The predicted octanol–water partition coefficient (Wildman–Crippen LogP) is 0.766. The monoisotopic (exact) mass is 319 g/mol. The number of esters is 1. The topological polar surface area (TPSA) is 88.6 Å². The number of hydrogen-bond acceptors (Lipinski definition) is 7. The van der Waals surface area contributed by atoms with Crippen molar-refractivity contribution in [1.29, 1.82) is 0 Å². The number of methoxy groups -OCH3 is 1. The molecule has 1 aliphatic rings. The summed E-state index contributed by atoms with van der Waals surface area (Å²) in [6, 6.07) is 0.171. The molecule has 0 spiro atoms. The first kappa shape index (κ1) is 15.2. The highest BCUT2D eigenvalue weighted by Gasteiger charge is 2.25. The van der Waals surface area contributed by atoms with E-state index in [1.165, 1.54) is 35.2 Å². The summed E-state index contributed by atoms with van der Waals surface area (Å²) in [6.07, 6.45) is 4.15. The Labute approximate surface area is 122 Å². The number of anilines is 1. The molecular formula is C11H17N3O4S2. The fourth-order valence-corrected chi connectivity index (χ4v) is 3.73. The van der Waals surface area contributed by atoms with Crippen LogP contribution in [0.2, 0.25) is 0 Å². The van der Waals surface area contributed by atoms with Crippen molar-refractivity contribution >= 4 is 32.5 Å². The molecule has 0 atom stereocenters. The number of nitrogens with one attached hydrogen (secondary N) is 1. The molecule has 0 aliphatic carbocycles. The van der Waals surface area contributed by atoms with Crippen molar-refractivity contribution in [2.45, 2.75) is 18.9 Å². The normalized spacial score (nSPS) is 17.9. The molecule has 2 heterocycles. The third-order valence-electron chi connectivity index (χ3n) is 3.14. The van der Waals surface area contributed by atoms with Gasteiger partial charge in [0.15, 0.2) is 5.13 Å². The Bertz CT molecular complexity index is 576. The summed E-state index contributed by atoms with van der Waals surface area (Å²) >= 11 is 1.24. The summed E-state index contributed by atoms with van der Waals surface area (Å²) in [5.41, 5.74) is 0. The molecule has 0 aromatic carbocycles. The second kappa shape index (κ2) is 6.06. The lowest BCUT2D eigenvalue weighted by Crippen LogP contribution is -2.41. The Morgan fingerprint density at radius 3 is 2.70 bits per heavy atom. The number of carbonyl (C=O) groups is 1. The van der Waals surface area contributed by atoms with Gasteiger partial charge in [-0.25, -0.2) is 22.5 Å². The molecular weight excluding hydrogens is 302 g/mol. The number of carbonyl (C=O) groups excluding carboxylic acids is 1. The largest absolute Gasteiger partial charge is 0.465 e. The Morgan fingerprint density at radius 2 is 2.15 bits per heavy atom. The molecule has 0 amide bonds. The van der Waals surface area contributed by atoms with Gasteiger partial charge in [0.1, 0.15) is 4.88 Å². The Kier molecular flexibility index (Phi) is 4.61. The SMILES string of the molecule is COC(=O)c1cnc(NC2CCN(S(C)(=O)=O)CC2)s1. The maximum Gasteiger partial charge on any atom is 0.349 e. The zero-order chi connectivity index (χ0) is 14.8. The van der Waals surface area contributed by atoms with Gasteiger partial charge in [-0.05, 0) is 12.8 Å². The van der Waals surface area contributed by atoms with Crippen molar-refractivity contribution < 1.29 is 17.9 Å². The zero-order valence-corrected chi connectivity index (χ0v) is 13.0. The van der Waals surface area contributed by atoms with Gasteiger partial charge in [-0.2, -0.15) is 0 Å². The van der Waals surface area contributed by atoms with E-state index >= 15 is 0 Å². The van der Waals surface area contributed by atoms with Crippen molar-refractivity contribution in [3.63, 3.8) is 0 Å². The molecule has 112 valence electrons.